The Morgan fingerprint density at radius 3 is 2.78 bits per heavy atom. The number of β-amino-alcohol motifs (C(OH)–C–C–N with tert-alkyl or cyclic N) is 1. The minimum Gasteiger partial charge on any atom is -0.469 e. The van der Waals surface area contributed by atoms with Gasteiger partial charge in [0.1, 0.15) is 0 Å². The lowest BCUT2D eigenvalue weighted by atomic mass is 10.1. The van der Waals surface area contributed by atoms with Gasteiger partial charge in [0.25, 0.3) is 10.2 Å². The van der Waals surface area contributed by atoms with Gasteiger partial charge in [0.15, 0.2) is 0 Å². The maximum atomic E-state index is 12.1. The number of carbonyl (C=O) groups is 1. The van der Waals surface area contributed by atoms with E-state index in [4.69, 9.17) is 0 Å². The second-order valence-electron chi connectivity index (χ2n) is 4.31. The van der Waals surface area contributed by atoms with Gasteiger partial charge in [-0.1, -0.05) is 0 Å². The van der Waals surface area contributed by atoms with Gasteiger partial charge in [-0.3, -0.25) is 4.79 Å². The van der Waals surface area contributed by atoms with Crippen molar-refractivity contribution in [2.24, 2.45) is 0 Å². The van der Waals surface area contributed by atoms with Gasteiger partial charge in [-0.25, -0.2) is 0 Å². The Hall–Kier alpha value is -0.700. The van der Waals surface area contributed by atoms with Crippen molar-refractivity contribution in [1.29, 1.82) is 0 Å². The molecular formula is C10H20N2O5S. The molecule has 7 nitrogen and oxygen atoms in total. The van der Waals surface area contributed by atoms with Gasteiger partial charge in [0, 0.05) is 26.7 Å². The lowest BCUT2D eigenvalue weighted by Crippen LogP contribution is -2.48. The Morgan fingerprint density at radius 1 is 1.56 bits per heavy atom. The van der Waals surface area contributed by atoms with Gasteiger partial charge in [0.2, 0.25) is 0 Å². The molecule has 1 aliphatic rings. The molecular weight excluding hydrogens is 260 g/mol. The van der Waals surface area contributed by atoms with Crippen molar-refractivity contribution in [2.45, 2.75) is 25.4 Å². The molecule has 0 bridgehead atoms. The van der Waals surface area contributed by atoms with Crippen LogP contribution < -0.4 is 0 Å². The number of hydrogen-bond acceptors (Lipinski definition) is 5. The van der Waals surface area contributed by atoms with Crippen LogP contribution in [0.4, 0.5) is 0 Å². The topological polar surface area (TPSA) is 87.2 Å². The maximum Gasteiger partial charge on any atom is 0.306 e. The van der Waals surface area contributed by atoms with E-state index in [1.165, 1.54) is 18.5 Å². The summed E-state index contributed by atoms with van der Waals surface area (Å²) in [7, 11) is -0.922. The Balaban J connectivity index is 2.58. The van der Waals surface area contributed by atoms with Gasteiger partial charge in [-0.2, -0.15) is 17.0 Å². The van der Waals surface area contributed by atoms with Crippen molar-refractivity contribution in [3.63, 3.8) is 0 Å². The number of nitrogens with zero attached hydrogens (tertiary/aromatic N) is 2. The Labute approximate surface area is 108 Å². The highest BCUT2D eigenvalue weighted by molar-refractivity contribution is 7.86. The summed E-state index contributed by atoms with van der Waals surface area (Å²) in [6.07, 6.45) is 0.675. The molecule has 0 radical (unpaired) electrons. The Morgan fingerprint density at radius 2 is 2.22 bits per heavy atom. The molecule has 0 aromatic heterocycles. The third-order valence-electron chi connectivity index (χ3n) is 2.94. The van der Waals surface area contributed by atoms with Gasteiger partial charge in [-0.15, -0.1) is 0 Å². The predicted molar refractivity (Wildman–Crippen MR) is 65.0 cm³/mol. The Kier molecular flexibility index (Phi) is 5.51. The molecule has 0 aromatic rings. The minimum absolute atomic E-state index is 0.0165. The van der Waals surface area contributed by atoms with Crippen LogP contribution in [0.15, 0.2) is 0 Å². The van der Waals surface area contributed by atoms with Crippen LogP contribution in [0.25, 0.3) is 0 Å². The molecule has 1 heterocycles. The third-order valence-corrected chi connectivity index (χ3v) is 4.89. The van der Waals surface area contributed by atoms with Crippen LogP contribution in [0.3, 0.4) is 0 Å². The van der Waals surface area contributed by atoms with Gasteiger partial charge in [0.05, 0.1) is 19.6 Å². The quantitative estimate of drug-likeness (QED) is 0.665. The van der Waals surface area contributed by atoms with Crippen molar-refractivity contribution < 1.29 is 23.1 Å². The van der Waals surface area contributed by atoms with Crippen LogP contribution in [-0.4, -0.2) is 68.0 Å². The lowest BCUT2D eigenvalue weighted by molar-refractivity contribution is -0.140. The molecule has 0 aliphatic carbocycles. The summed E-state index contributed by atoms with van der Waals surface area (Å²) in [5.41, 5.74) is 0. The van der Waals surface area contributed by atoms with Crippen molar-refractivity contribution in [2.75, 3.05) is 33.8 Å². The summed E-state index contributed by atoms with van der Waals surface area (Å²) in [6.45, 7) is 0.592. The average molecular weight is 280 g/mol. The smallest absolute Gasteiger partial charge is 0.306 e. The van der Waals surface area contributed by atoms with E-state index in [0.717, 1.165) is 4.31 Å². The number of carbonyl (C=O) groups excluding carboxylic acids is 1. The predicted octanol–water partition coefficient (Wildman–Crippen LogP) is -0.817. The summed E-state index contributed by atoms with van der Waals surface area (Å²) in [5, 5.41) is 9.48. The number of methoxy groups -OCH3 is 1. The molecule has 0 aromatic carbocycles. The molecule has 8 heteroatoms. The van der Waals surface area contributed by atoms with Crippen molar-refractivity contribution in [3.05, 3.63) is 0 Å². The van der Waals surface area contributed by atoms with Crippen LogP contribution in [0.2, 0.25) is 0 Å². The standard InChI is InChI=1S/C10H20N2O5S/c1-11(7-5-10(14)17-2)18(15,16)12-6-3-4-9(13)8-12/h9,13H,3-8H2,1-2H3. The summed E-state index contributed by atoms with van der Waals surface area (Å²) in [6, 6.07) is 0. The van der Waals surface area contributed by atoms with E-state index in [9.17, 15) is 18.3 Å². The Bertz CT molecular complexity index is 384. The number of piperidine rings is 1. The van der Waals surface area contributed by atoms with Crippen molar-refractivity contribution in [3.8, 4) is 0 Å². The summed E-state index contributed by atoms with van der Waals surface area (Å²) >= 11 is 0. The van der Waals surface area contributed by atoms with E-state index in [1.54, 1.807) is 0 Å². The lowest BCUT2D eigenvalue weighted by Gasteiger charge is -2.32. The molecule has 1 aliphatic heterocycles. The normalized spacial score (nSPS) is 22.1. The van der Waals surface area contributed by atoms with Crippen molar-refractivity contribution in [1.82, 2.24) is 8.61 Å². The fourth-order valence-electron chi connectivity index (χ4n) is 1.79. The molecule has 0 amide bonds. The minimum atomic E-state index is -3.60. The monoisotopic (exact) mass is 280 g/mol. The first-order chi connectivity index (χ1) is 8.37. The average Bonchev–Trinajstić information content (AvgIpc) is 2.35. The van der Waals surface area contributed by atoms with Crippen LogP contribution in [-0.2, 0) is 19.7 Å². The van der Waals surface area contributed by atoms with E-state index in [-0.39, 0.29) is 19.5 Å². The molecule has 18 heavy (non-hydrogen) atoms. The highest BCUT2D eigenvalue weighted by Crippen LogP contribution is 2.16. The molecule has 1 saturated heterocycles. The molecule has 0 saturated carbocycles. The molecule has 1 N–H and O–H groups in total. The summed E-state index contributed by atoms with van der Waals surface area (Å²) < 4.78 is 31.1. The fraction of sp³-hybridized carbons (Fsp3) is 0.900. The van der Waals surface area contributed by atoms with Crippen LogP contribution >= 0.6 is 0 Å². The molecule has 1 atom stereocenters. The zero-order valence-corrected chi connectivity index (χ0v) is 11.5. The first-order valence-corrected chi connectivity index (χ1v) is 7.24. The number of esters is 1. The molecule has 1 fully saturated rings. The largest absolute Gasteiger partial charge is 0.469 e. The SMILES string of the molecule is COC(=O)CCN(C)S(=O)(=O)N1CCCC(O)C1. The van der Waals surface area contributed by atoms with Gasteiger partial charge < -0.3 is 9.84 Å². The number of aliphatic hydroxyl groups excluding tert-OH is 1. The number of hydrogen-bond donors (Lipinski definition) is 1. The molecule has 0 spiro atoms. The summed E-state index contributed by atoms with van der Waals surface area (Å²) in [5.74, 6) is -0.448. The van der Waals surface area contributed by atoms with Crippen LogP contribution in [0.5, 0.6) is 0 Å². The molecule has 1 unspecified atom stereocenters. The maximum absolute atomic E-state index is 12.1. The molecule has 1 rings (SSSR count). The summed E-state index contributed by atoms with van der Waals surface area (Å²) in [4.78, 5) is 11.0. The van der Waals surface area contributed by atoms with Crippen LogP contribution in [0, 0.1) is 0 Å². The molecule has 106 valence electrons. The van der Waals surface area contributed by atoms with Gasteiger partial charge in [-0.05, 0) is 12.8 Å². The number of aliphatic hydroxyl groups is 1. The van der Waals surface area contributed by atoms with E-state index in [1.807, 2.05) is 0 Å². The third kappa shape index (κ3) is 3.91. The van der Waals surface area contributed by atoms with E-state index in [2.05, 4.69) is 4.74 Å². The van der Waals surface area contributed by atoms with E-state index >= 15 is 0 Å². The first kappa shape index (κ1) is 15.4. The number of ether oxygens (including phenoxy) is 1. The fourth-order valence-corrected chi connectivity index (χ4v) is 3.23. The second-order valence-corrected chi connectivity index (χ2v) is 6.34. The van der Waals surface area contributed by atoms with Crippen molar-refractivity contribution >= 4 is 16.2 Å². The van der Waals surface area contributed by atoms with Crippen LogP contribution in [0.1, 0.15) is 19.3 Å². The first-order valence-electron chi connectivity index (χ1n) is 5.84. The second kappa shape index (κ2) is 6.46. The van der Waals surface area contributed by atoms with E-state index < -0.39 is 22.3 Å². The van der Waals surface area contributed by atoms with E-state index in [0.29, 0.717) is 19.4 Å². The zero-order valence-electron chi connectivity index (χ0n) is 10.7. The highest BCUT2D eigenvalue weighted by Gasteiger charge is 2.31. The number of rotatable bonds is 5. The van der Waals surface area contributed by atoms with Gasteiger partial charge >= 0.3 is 5.97 Å². The zero-order chi connectivity index (χ0) is 13.8. The highest BCUT2D eigenvalue weighted by atomic mass is 32.2.